The van der Waals surface area contributed by atoms with Gasteiger partial charge in [0.15, 0.2) is 5.79 Å². The zero-order valence-electron chi connectivity index (χ0n) is 17.9. The fraction of sp³-hybridized carbons (Fsp3) is 0.950. The molecule has 1 amide bonds. The molecule has 152 valence electrons. The lowest BCUT2D eigenvalue weighted by Crippen LogP contribution is -2.45. The van der Waals surface area contributed by atoms with Gasteiger partial charge in [-0.05, 0) is 80.7 Å². The molecule has 0 radical (unpaired) electrons. The number of nitrogens with zero attached hydrogens (tertiary/aromatic N) is 2. The van der Waals surface area contributed by atoms with Crippen molar-refractivity contribution in [1.82, 2.24) is 9.80 Å². The van der Waals surface area contributed by atoms with Gasteiger partial charge >= 0.3 is 6.09 Å². The fourth-order valence-corrected chi connectivity index (χ4v) is 3.88. The van der Waals surface area contributed by atoms with Crippen LogP contribution in [0.4, 0.5) is 4.79 Å². The SMILES string of the molecule is CN(CCC[C@@H]1CN(C(=O)OC(C)(C)C)C(C)(C)C1)C1COC(C)(C)O1. The van der Waals surface area contributed by atoms with E-state index in [1.165, 1.54) is 0 Å². The zero-order chi connectivity index (χ0) is 19.8. The average Bonchev–Trinajstić information content (AvgIpc) is 2.96. The van der Waals surface area contributed by atoms with Crippen molar-refractivity contribution < 1.29 is 19.0 Å². The molecule has 2 heterocycles. The summed E-state index contributed by atoms with van der Waals surface area (Å²) in [6.07, 6.45) is 3.04. The smallest absolute Gasteiger partial charge is 0.410 e. The van der Waals surface area contributed by atoms with E-state index >= 15 is 0 Å². The van der Waals surface area contributed by atoms with E-state index in [2.05, 4.69) is 25.8 Å². The molecule has 0 bridgehead atoms. The van der Waals surface area contributed by atoms with Gasteiger partial charge in [-0.3, -0.25) is 4.90 Å². The quantitative estimate of drug-likeness (QED) is 0.736. The van der Waals surface area contributed by atoms with Crippen molar-refractivity contribution >= 4 is 6.09 Å². The number of carbonyl (C=O) groups is 1. The minimum absolute atomic E-state index is 0.0308. The first-order valence-corrected chi connectivity index (χ1v) is 9.82. The van der Waals surface area contributed by atoms with Crippen LogP contribution in [-0.4, -0.2) is 65.8 Å². The minimum Gasteiger partial charge on any atom is -0.444 e. The maximum Gasteiger partial charge on any atom is 0.410 e. The Labute approximate surface area is 159 Å². The molecular weight excluding hydrogens is 332 g/mol. The van der Waals surface area contributed by atoms with Crippen LogP contribution in [0.5, 0.6) is 0 Å². The molecule has 0 aromatic carbocycles. The Morgan fingerprint density at radius 3 is 2.46 bits per heavy atom. The molecule has 2 aliphatic heterocycles. The first kappa shape index (κ1) is 21.5. The molecule has 2 atom stereocenters. The Morgan fingerprint density at radius 1 is 1.27 bits per heavy atom. The van der Waals surface area contributed by atoms with Gasteiger partial charge in [-0.25, -0.2) is 4.79 Å². The number of hydrogen-bond donors (Lipinski definition) is 0. The number of ether oxygens (including phenoxy) is 3. The van der Waals surface area contributed by atoms with Crippen LogP contribution in [0, 0.1) is 5.92 Å². The van der Waals surface area contributed by atoms with E-state index in [0.717, 1.165) is 32.4 Å². The lowest BCUT2D eigenvalue weighted by atomic mass is 9.93. The van der Waals surface area contributed by atoms with E-state index in [1.54, 1.807) is 0 Å². The Morgan fingerprint density at radius 2 is 1.92 bits per heavy atom. The van der Waals surface area contributed by atoms with Crippen molar-refractivity contribution in [2.45, 2.75) is 90.9 Å². The van der Waals surface area contributed by atoms with Gasteiger partial charge in [0.2, 0.25) is 0 Å². The largest absolute Gasteiger partial charge is 0.444 e. The molecule has 2 rings (SSSR count). The number of carbonyl (C=O) groups excluding carboxylic acids is 1. The molecule has 0 saturated carbocycles. The van der Waals surface area contributed by atoms with E-state index in [0.29, 0.717) is 12.5 Å². The molecule has 26 heavy (non-hydrogen) atoms. The Balaban J connectivity index is 1.78. The highest BCUT2D eigenvalue weighted by Crippen LogP contribution is 2.36. The van der Waals surface area contributed by atoms with Crippen LogP contribution in [0.2, 0.25) is 0 Å². The number of likely N-dealkylation sites (tertiary alicyclic amines) is 1. The summed E-state index contributed by atoms with van der Waals surface area (Å²) in [6, 6.07) is 0. The molecule has 2 aliphatic rings. The number of likely N-dealkylation sites (N-methyl/N-ethyl adjacent to an activating group) is 1. The number of rotatable bonds is 5. The second-order valence-corrected chi connectivity index (χ2v) is 9.88. The summed E-state index contributed by atoms with van der Waals surface area (Å²) in [5.41, 5.74) is -0.601. The zero-order valence-corrected chi connectivity index (χ0v) is 17.9. The molecule has 6 heteroatoms. The monoisotopic (exact) mass is 370 g/mol. The van der Waals surface area contributed by atoms with Crippen molar-refractivity contribution in [2.75, 3.05) is 26.7 Å². The molecule has 0 aliphatic carbocycles. The van der Waals surface area contributed by atoms with Gasteiger partial charge < -0.3 is 19.1 Å². The summed E-state index contributed by atoms with van der Waals surface area (Å²) in [5.74, 6) is 0.0330. The summed E-state index contributed by atoms with van der Waals surface area (Å²) in [6.45, 7) is 16.3. The molecule has 0 aromatic heterocycles. The van der Waals surface area contributed by atoms with Crippen LogP contribution in [-0.2, 0) is 14.2 Å². The Bertz CT molecular complexity index is 499. The molecule has 0 aromatic rings. The molecule has 6 nitrogen and oxygen atoms in total. The van der Waals surface area contributed by atoms with E-state index in [9.17, 15) is 4.79 Å². The highest BCUT2D eigenvalue weighted by Gasteiger charge is 2.42. The van der Waals surface area contributed by atoms with Crippen LogP contribution in [0.15, 0.2) is 0 Å². The summed E-state index contributed by atoms with van der Waals surface area (Å²) in [5, 5.41) is 0. The van der Waals surface area contributed by atoms with Crippen LogP contribution in [0.1, 0.15) is 67.7 Å². The normalized spacial score (nSPS) is 28.0. The average molecular weight is 371 g/mol. The first-order chi connectivity index (χ1) is 11.8. The van der Waals surface area contributed by atoms with E-state index in [1.807, 2.05) is 39.5 Å². The van der Waals surface area contributed by atoms with Crippen molar-refractivity contribution in [3.8, 4) is 0 Å². The fourth-order valence-electron chi connectivity index (χ4n) is 3.88. The standard InChI is InChI=1S/C20H38N2O4/c1-18(2,3)26-17(23)22-13-15(12-19(22,4)5)10-9-11-21(8)16-14-24-20(6,7)25-16/h15-16H,9-14H2,1-8H3/t15-,16?/m0/s1. The van der Waals surface area contributed by atoms with Crippen LogP contribution < -0.4 is 0 Å². The predicted octanol–water partition coefficient (Wildman–Crippen LogP) is 3.84. The van der Waals surface area contributed by atoms with Gasteiger partial charge in [-0.1, -0.05) is 0 Å². The Hall–Kier alpha value is -0.850. The van der Waals surface area contributed by atoms with Crippen molar-refractivity contribution in [1.29, 1.82) is 0 Å². The summed E-state index contributed by atoms with van der Waals surface area (Å²) < 4.78 is 17.1. The van der Waals surface area contributed by atoms with Gasteiger partial charge in [0, 0.05) is 18.6 Å². The van der Waals surface area contributed by atoms with E-state index in [-0.39, 0.29) is 17.9 Å². The van der Waals surface area contributed by atoms with Crippen LogP contribution in [0.25, 0.3) is 0 Å². The van der Waals surface area contributed by atoms with Crippen molar-refractivity contribution in [3.05, 3.63) is 0 Å². The minimum atomic E-state index is -0.484. The third-order valence-electron chi connectivity index (χ3n) is 5.18. The molecule has 2 saturated heterocycles. The maximum atomic E-state index is 12.5. The van der Waals surface area contributed by atoms with Gasteiger partial charge in [-0.15, -0.1) is 0 Å². The summed E-state index contributed by atoms with van der Waals surface area (Å²) in [4.78, 5) is 16.6. The lowest BCUT2D eigenvalue weighted by Gasteiger charge is -2.33. The second-order valence-electron chi connectivity index (χ2n) is 9.88. The highest BCUT2D eigenvalue weighted by atomic mass is 16.8. The Kier molecular flexibility index (Phi) is 6.31. The van der Waals surface area contributed by atoms with Gasteiger partial charge in [0.05, 0.1) is 6.61 Å². The number of amides is 1. The molecule has 1 unspecified atom stereocenters. The number of hydrogen-bond acceptors (Lipinski definition) is 5. The molecule has 2 fully saturated rings. The molecule has 0 N–H and O–H groups in total. The summed E-state index contributed by atoms with van der Waals surface area (Å²) >= 11 is 0. The van der Waals surface area contributed by atoms with Gasteiger partial charge in [0.25, 0.3) is 0 Å². The highest BCUT2D eigenvalue weighted by molar-refractivity contribution is 5.69. The maximum absolute atomic E-state index is 12.5. The lowest BCUT2D eigenvalue weighted by molar-refractivity contribution is -0.157. The molecular formula is C20H38N2O4. The van der Waals surface area contributed by atoms with Gasteiger partial charge in [0.1, 0.15) is 11.8 Å². The van der Waals surface area contributed by atoms with Crippen LogP contribution in [0.3, 0.4) is 0 Å². The van der Waals surface area contributed by atoms with E-state index < -0.39 is 11.4 Å². The third kappa shape index (κ3) is 5.83. The van der Waals surface area contributed by atoms with E-state index in [4.69, 9.17) is 14.2 Å². The summed E-state index contributed by atoms with van der Waals surface area (Å²) in [7, 11) is 2.08. The van der Waals surface area contributed by atoms with Crippen molar-refractivity contribution in [3.63, 3.8) is 0 Å². The van der Waals surface area contributed by atoms with Gasteiger partial charge in [-0.2, -0.15) is 0 Å². The predicted molar refractivity (Wildman–Crippen MR) is 102 cm³/mol. The second kappa shape index (κ2) is 7.64. The van der Waals surface area contributed by atoms with Crippen molar-refractivity contribution in [2.24, 2.45) is 5.92 Å². The van der Waals surface area contributed by atoms with Crippen LogP contribution >= 0.6 is 0 Å². The third-order valence-corrected chi connectivity index (χ3v) is 5.18. The topological polar surface area (TPSA) is 51.2 Å². The molecule has 0 spiro atoms. The first-order valence-electron chi connectivity index (χ1n) is 9.82.